The van der Waals surface area contributed by atoms with Crippen molar-refractivity contribution < 1.29 is 0 Å². The van der Waals surface area contributed by atoms with Crippen LogP contribution in [0.25, 0.3) is 11.4 Å². The molecule has 0 radical (unpaired) electrons. The Kier molecular flexibility index (Phi) is 2.21. The molecule has 76 valence electrons. The summed E-state index contributed by atoms with van der Waals surface area (Å²) >= 11 is 0. The highest BCUT2D eigenvalue weighted by molar-refractivity contribution is 5.57. The van der Waals surface area contributed by atoms with Gasteiger partial charge in [-0.25, -0.2) is 4.68 Å². The van der Waals surface area contributed by atoms with Crippen LogP contribution in [-0.4, -0.2) is 14.8 Å². The van der Waals surface area contributed by atoms with E-state index in [2.05, 4.69) is 10.1 Å². The molecule has 15 heavy (non-hydrogen) atoms. The van der Waals surface area contributed by atoms with E-state index in [0.29, 0.717) is 11.4 Å². The summed E-state index contributed by atoms with van der Waals surface area (Å²) in [6, 6.07) is 7.01. The van der Waals surface area contributed by atoms with Gasteiger partial charge in [-0.05, 0) is 18.2 Å². The van der Waals surface area contributed by atoms with Crippen molar-refractivity contribution in [2.24, 2.45) is 7.05 Å². The summed E-state index contributed by atoms with van der Waals surface area (Å²) in [5.74, 6) is 0. The number of aromatic nitrogens is 3. The third kappa shape index (κ3) is 1.71. The molecule has 0 aromatic carbocycles. The van der Waals surface area contributed by atoms with Crippen LogP contribution in [0.15, 0.2) is 35.3 Å². The van der Waals surface area contributed by atoms with Crippen LogP contribution in [-0.2, 0) is 7.05 Å². The number of rotatable bonds is 1. The first kappa shape index (κ1) is 9.39. The Labute approximate surface area is 86.2 Å². The van der Waals surface area contributed by atoms with Gasteiger partial charge >= 0.3 is 0 Å². The highest BCUT2D eigenvalue weighted by Crippen LogP contribution is 2.12. The molecule has 5 nitrogen and oxygen atoms in total. The van der Waals surface area contributed by atoms with Crippen LogP contribution in [0.4, 0.5) is 5.69 Å². The number of nitrogens with zero attached hydrogens (tertiary/aromatic N) is 3. The number of nitrogens with two attached hydrogens (primary N) is 1. The minimum absolute atomic E-state index is 0.174. The topological polar surface area (TPSA) is 73.8 Å². The Morgan fingerprint density at radius 3 is 2.73 bits per heavy atom. The van der Waals surface area contributed by atoms with Gasteiger partial charge in [0.2, 0.25) is 0 Å². The van der Waals surface area contributed by atoms with Crippen molar-refractivity contribution in [1.82, 2.24) is 14.8 Å². The average Bonchev–Trinajstić information content (AvgIpc) is 2.26. The number of pyridine rings is 1. The Balaban J connectivity index is 2.61. The van der Waals surface area contributed by atoms with Crippen molar-refractivity contribution in [3.05, 3.63) is 40.8 Å². The minimum atomic E-state index is -0.297. The van der Waals surface area contributed by atoms with Gasteiger partial charge in [0.1, 0.15) is 11.4 Å². The molecule has 0 fully saturated rings. The van der Waals surface area contributed by atoms with Gasteiger partial charge in [-0.1, -0.05) is 6.07 Å². The number of hydrogen-bond donors (Lipinski definition) is 1. The summed E-state index contributed by atoms with van der Waals surface area (Å²) in [5, 5.41) is 4.07. The van der Waals surface area contributed by atoms with Crippen LogP contribution in [0.3, 0.4) is 0 Å². The van der Waals surface area contributed by atoms with Gasteiger partial charge in [0.15, 0.2) is 0 Å². The Morgan fingerprint density at radius 2 is 2.13 bits per heavy atom. The quantitative estimate of drug-likeness (QED) is 0.727. The molecule has 0 spiro atoms. The third-order valence-electron chi connectivity index (χ3n) is 2.02. The molecule has 0 aliphatic carbocycles. The van der Waals surface area contributed by atoms with Crippen LogP contribution in [0.2, 0.25) is 0 Å². The molecular weight excluding hydrogens is 192 g/mol. The third-order valence-corrected chi connectivity index (χ3v) is 2.02. The fourth-order valence-corrected chi connectivity index (χ4v) is 1.27. The molecule has 2 rings (SSSR count). The van der Waals surface area contributed by atoms with E-state index < -0.39 is 0 Å². The van der Waals surface area contributed by atoms with Crippen LogP contribution in [0, 0.1) is 0 Å². The summed E-state index contributed by atoms with van der Waals surface area (Å²) in [6.45, 7) is 0. The second-order valence-electron chi connectivity index (χ2n) is 3.13. The van der Waals surface area contributed by atoms with Gasteiger partial charge < -0.3 is 5.73 Å². The summed E-state index contributed by atoms with van der Waals surface area (Å²) in [7, 11) is 1.56. The standard InChI is InChI=1S/C10H10N4O/c1-14-10(15)7(11)6-9(13-14)8-4-2-3-5-12-8/h2-6H,11H2,1H3. The molecule has 0 aliphatic heterocycles. The molecule has 0 bridgehead atoms. The summed E-state index contributed by atoms with van der Waals surface area (Å²) < 4.78 is 1.21. The minimum Gasteiger partial charge on any atom is -0.394 e. The fourth-order valence-electron chi connectivity index (χ4n) is 1.27. The SMILES string of the molecule is Cn1nc(-c2ccccn2)cc(N)c1=O. The normalized spacial score (nSPS) is 10.2. The van der Waals surface area contributed by atoms with Crippen molar-refractivity contribution in [2.45, 2.75) is 0 Å². The lowest BCUT2D eigenvalue weighted by Gasteiger charge is -2.03. The highest BCUT2D eigenvalue weighted by Gasteiger charge is 2.05. The van der Waals surface area contributed by atoms with Gasteiger partial charge in [-0.3, -0.25) is 9.78 Å². The first-order valence-electron chi connectivity index (χ1n) is 4.44. The van der Waals surface area contributed by atoms with E-state index in [0.717, 1.165) is 0 Å². The van der Waals surface area contributed by atoms with Gasteiger partial charge in [0.05, 0.1) is 5.69 Å². The van der Waals surface area contributed by atoms with Crippen LogP contribution >= 0.6 is 0 Å². The molecule has 0 unspecified atom stereocenters. The molecule has 2 heterocycles. The molecule has 0 atom stereocenters. The van der Waals surface area contributed by atoms with Crippen LogP contribution in [0.1, 0.15) is 0 Å². The van der Waals surface area contributed by atoms with Crippen molar-refractivity contribution in [1.29, 1.82) is 0 Å². The van der Waals surface area contributed by atoms with Crippen LogP contribution in [0.5, 0.6) is 0 Å². The first-order chi connectivity index (χ1) is 7.18. The van der Waals surface area contributed by atoms with E-state index in [9.17, 15) is 4.79 Å². The lowest BCUT2D eigenvalue weighted by molar-refractivity contribution is 0.714. The number of anilines is 1. The van der Waals surface area contributed by atoms with E-state index in [-0.39, 0.29) is 11.2 Å². The molecule has 0 saturated carbocycles. The van der Waals surface area contributed by atoms with E-state index in [1.807, 2.05) is 18.2 Å². The van der Waals surface area contributed by atoms with Gasteiger partial charge in [-0.15, -0.1) is 0 Å². The smallest absolute Gasteiger partial charge is 0.289 e. The first-order valence-corrected chi connectivity index (χ1v) is 4.44. The zero-order valence-corrected chi connectivity index (χ0v) is 8.21. The van der Waals surface area contributed by atoms with Gasteiger partial charge in [0.25, 0.3) is 5.56 Å². The summed E-state index contributed by atoms with van der Waals surface area (Å²) in [6.07, 6.45) is 1.66. The lowest BCUT2D eigenvalue weighted by atomic mass is 10.2. The lowest BCUT2D eigenvalue weighted by Crippen LogP contribution is -2.22. The van der Waals surface area contributed by atoms with Crippen molar-refractivity contribution in [3.8, 4) is 11.4 Å². The monoisotopic (exact) mass is 202 g/mol. The molecule has 2 aromatic rings. The Morgan fingerprint density at radius 1 is 1.33 bits per heavy atom. The highest BCUT2D eigenvalue weighted by atomic mass is 16.1. The molecule has 2 N–H and O–H groups in total. The average molecular weight is 202 g/mol. The van der Waals surface area contributed by atoms with Crippen molar-refractivity contribution in [3.63, 3.8) is 0 Å². The number of aryl methyl sites for hydroxylation is 1. The molecular formula is C10H10N4O. The maximum atomic E-state index is 11.3. The largest absolute Gasteiger partial charge is 0.394 e. The molecule has 2 aromatic heterocycles. The molecule has 0 amide bonds. The predicted octanol–water partition coefficient (Wildman–Crippen LogP) is 0.424. The Hall–Kier alpha value is -2.17. The maximum Gasteiger partial charge on any atom is 0.289 e. The fraction of sp³-hybridized carbons (Fsp3) is 0.100. The van der Waals surface area contributed by atoms with Gasteiger partial charge in [0, 0.05) is 13.2 Å². The number of nitrogen functional groups attached to an aromatic ring is 1. The second-order valence-corrected chi connectivity index (χ2v) is 3.13. The maximum absolute atomic E-state index is 11.3. The zero-order chi connectivity index (χ0) is 10.8. The van der Waals surface area contributed by atoms with Crippen molar-refractivity contribution in [2.75, 3.05) is 5.73 Å². The molecule has 5 heteroatoms. The van der Waals surface area contributed by atoms with E-state index in [1.54, 1.807) is 13.2 Å². The van der Waals surface area contributed by atoms with E-state index in [1.165, 1.54) is 10.7 Å². The molecule has 0 saturated heterocycles. The predicted molar refractivity (Wildman–Crippen MR) is 57.1 cm³/mol. The van der Waals surface area contributed by atoms with Gasteiger partial charge in [-0.2, -0.15) is 5.10 Å². The molecule has 0 aliphatic rings. The van der Waals surface area contributed by atoms with Crippen molar-refractivity contribution >= 4 is 5.69 Å². The Bertz CT molecular complexity index is 507. The summed E-state index contributed by atoms with van der Waals surface area (Å²) in [4.78, 5) is 15.4. The van der Waals surface area contributed by atoms with Crippen LogP contribution < -0.4 is 11.3 Å². The van der Waals surface area contributed by atoms with E-state index in [4.69, 9.17) is 5.73 Å². The van der Waals surface area contributed by atoms with E-state index >= 15 is 0 Å². The summed E-state index contributed by atoms with van der Waals surface area (Å²) in [5.41, 5.74) is 6.72. The zero-order valence-electron chi connectivity index (χ0n) is 8.21. The number of hydrogen-bond acceptors (Lipinski definition) is 4. The second kappa shape index (κ2) is 3.53.